The number of nitrogens with zero attached hydrogens (tertiary/aromatic N) is 3. The topological polar surface area (TPSA) is 37.3 Å². The largest absolute Gasteiger partial charge is 0.497 e. The van der Waals surface area contributed by atoms with E-state index in [2.05, 4.69) is 55.8 Å². The Morgan fingerprint density at radius 3 is 2.77 bits per heavy atom. The van der Waals surface area contributed by atoms with E-state index in [4.69, 9.17) is 14.7 Å². The summed E-state index contributed by atoms with van der Waals surface area (Å²) in [7, 11) is 3.93. The molecule has 1 aromatic carbocycles. The molecule has 2 atom stereocenters. The molecule has 2 aliphatic rings. The molecule has 5 heteroatoms. The lowest BCUT2D eigenvalue weighted by molar-refractivity contribution is 0.106. The van der Waals surface area contributed by atoms with Crippen molar-refractivity contribution in [2.24, 2.45) is 5.16 Å². The Bertz CT molecular complexity index is 657. The van der Waals surface area contributed by atoms with Crippen molar-refractivity contribution in [2.75, 3.05) is 46.9 Å². The predicted molar refractivity (Wildman–Crippen MR) is 106 cm³/mol. The number of oxime groups is 1. The van der Waals surface area contributed by atoms with Gasteiger partial charge in [0.15, 0.2) is 0 Å². The van der Waals surface area contributed by atoms with E-state index in [9.17, 15) is 0 Å². The van der Waals surface area contributed by atoms with Gasteiger partial charge in [0.2, 0.25) is 0 Å². The fourth-order valence-corrected chi connectivity index (χ4v) is 4.35. The van der Waals surface area contributed by atoms with Crippen molar-refractivity contribution in [2.45, 2.75) is 45.1 Å². The van der Waals surface area contributed by atoms with Crippen LogP contribution in [0, 0.1) is 0 Å². The molecule has 0 N–H and O–H groups in total. The Kier molecular flexibility index (Phi) is 5.88. The molecule has 1 aromatic rings. The van der Waals surface area contributed by atoms with Crippen LogP contribution in [0.4, 0.5) is 0 Å². The van der Waals surface area contributed by atoms with Gasteiger partial charge in [-0.25, -0.2) is 0 Å². The fraction of sp³-hybridized carbons (Fsp3) is 0.667. The molecule has 3 rings (SSSR count). The van der Waals surface area contributed by atoms with E-state index in [1.54, 1.807) is 7.11 Å². The molecule has 0 saturated carbocycles. The maximum atomic E-state index is 5.82. The zero-order valence-corrected chi connectivity index (χ0v) is 16.9. The molecule has 5 nitrogen and oxygen atoms in total. The fourth-order valence-electron chi connectivity index (χ4n) is 4.35. The summed E-state index contributed by atoms with van der Waals surface area (Å²) in [6.45, 7) is 11.4. The second-order valence-corrected chi connectivity index (χ2v) is 7.64. The maximum Gasteiger partial charge on any atom is 0.129 e. The number of ether oxygens (including phenoxy) is 1. The summed E-state index contributed by atoms with van der Waals surface area (Å²) in [4.78, 5) is 10.6. The van der Waals surface area contributed by atoms with Gasteiger partial charge in [-0.1, -0.05) is 25.1 Å². The standard InChI is InChI=1S/C21H33N3O2/c1-6-24(7-2)12-13-26-22-20-19-14-16-8-9-17(25-5)15-18(16)21(20,3)10-11-23(19)4/h8-9,15,19H,6-7,10-14H2,1-5H3. The Hall–Kier alpha value is -1.59. The lowest BCUT2D eigenvalue weighted by Crippen LogP contribution is -2.58. The Morgan fingerprint density at radius 2 is 2.08 bits per heavy atom. The first-order valence-corrected chi connectivity index (χ1v) is 9.83. The molecule has 1 fully saturated rings. The van der Waals surface area contributed by atoms with Crippen LogP contribution in [0.25, 0.3) is 0 Å². The SMILES string of the molecule is CCN(CC)CCON=C1C2Cc3ccc(OC)cc3C1(C)CCN2C. The number of methoxy groups -OCH3 is 1. The highest BCUT2D eigenvalue weighted by molar-refractivity contribution is 6.01. The molecular formula is C21H33N3O2. The van der Waals surface area contributed by atoms with Crippen molar-refractivity contribution >= 4 is 5.71 Å². The van der Waals surface area contributed by atoms with Gasteiger partial charge < -0.3 is 14.5 Å². The molecule has 0 amide bonds. The van der Waals surface area contributed by atoms with Gasteiger partial charge in [0, 0.05) is 12.0 Å². The average molecular weight is 360 g/mol. The molecule has 1 aliphatic heterocycles. The van der Waals surface area contributed by atoms with Crippen LogP contribution in [0.5, 0.6) is 5.75 Å². The van der Waals surface area contributed by atoms with E-state index in [0.717, 1.165) is 44.8 Å². The summed E-state index contributed by atoms with van der Waals surface area (Å²) in [5, 5.41) is 4.69. The van der Waals surface area contributed by atoms with Crippen LogP contribution in [0.15, 0.2) is 23.4 Å². The first-order valence-electron chi connectivity index (χ1n) is 9.83. The molecule has 1 aliphatic carbocycles. The molecule has 1 heterocycles. The molecule has 2 unspecified atom stereocenters. The molecule has 1 saturated heterocycles. The predicted octanol–water partition coefficient (Wildman–Crippen LogP) is 2.93. The van der Waals surface area contributed by atoms with E-state index in [1.807, 2.05) is 0 Å². The zero-order chi connectivity index (χ0) is 18.7. The highest BCUT2D eigenvalue weighted by Crippen LogP contribution is 2.43. The number of fused-ring (bicyclic) bond motifs is 4. The summed E-state index contributed by atoms with van der Waals surface area (Å²) >= 11 is 0. The minimum absolute atomic E-state index is 0.0749. The number of benzene rings is 1. The van der Waals surface area contributed by atoms with Crippen molar-refractivity contribution < 1.29 is 9.57 Å². The van der Waals surface area contributed by atoms with Crippen molar-refractivity contribution in [3.05, 3.63) is 29.3 Å². The molecule has 144 valence electrons. The summed E-state index contributed by atoms with van der Waals surface area (Å²) in [5.74, 6) is 0.921. The highest BCUT2D eigenvalue weighted by Gasteiger charge is 2.48. The number of hydrogen-bond donors (Lipinski definition) is 0. The summed E-state index contributed by atoms with van der Waals surface area (Å²) in [6, 6.07) is 6.81. The van der Waals surface area contributed by atoms with Crippen LogP contribution in [-0.4, -0.2) is 68.5 Å². The molecule has 0 spiro atoms. The van der Waals surface area contributed by atoms with Crippen molar-refractivity contribution in [3.8, 4) is 5.75 Å². The van der Waals surface area contributed by atoms with Crippen molar-refractivity contribution in [1.29, 1.82) is 0 Å². The van der Waals surface area contributed by atoms with Crippen LogP contribution in [0.2, 0.25) is 0 Å². The van der Waals surface area contributed by atoms with Crippen LogP contribution in [0.1, 0.15) is 38.3 Å². The maximum absolute atomic E-state index is 5.82. The Balaban J connectivity index is 1.85. The smallest absolute Gasteiger partial charge is 0.129 e. The lowest BCUT2D eigenvalue weighted by Gasteiger charge is -2.49. The highest BCUT2D eigenvalue weighted by atomic mass is 16.6. The van der Waals surface area contributed by atoms with Gasteiger partial charge in [0.05, 0.1) is 18.9 Å². The molecule has 2 bridgehead atoms. The summed E-state index contributed by atoms with van der Waals surface area (Å²) in [6.07, 6.45) is 2.04. The van der Waals surface area contributed by atoms with Gasteiger partial charge in [0.25, 0.3) is 0 Å². The second-order valence-electron chi connectivity index (χ2n) is 7.64. The third-order valence-electron chi connectivity index (χ3n) is 6.26. The minimum atomic E-state index is -0.0749. The lowest BCUT2D eigenvalue weighted by atomic mass is 9.63. The van der Waals surface area contributed by atoms with Crippen molar-refractivity contribution in [1.82, 2.24) is 9.80 Å². The number of likely N-dealkylation sites (tertiary alicyclic amines) is 1. The first kappa shape index (κ1) is 19.2. The number of hydrogen-bond acceptors (Lipinski definition) is 5. The third kappa shape index (κ3) is 3.47. The second kappa shape index (κ2) is 7.97. The van der Waals surface area contributed by atoms with E-state index >= 15 is 0 Å². The van der Waals surface area contributed by atoms with Gasteiger partial charge in [-0.2, -0.15) is 0 Å². The number of likely N-dealkylation sites (N-methyl/N-ethyl adjacent to an activating group) is 2. The average Bonchev–Trinajstić information content (AvgIpc) is 2.66. The molecule has 0 aromatic heterocycles. The normalized spacial score (nSPS) is 26.8. The van der Waals surface area contributed by atoms with E-state index in [0.29, 0.717) is 12.6 Å². The van der Waals surface area contributed by atoms with Crippen LogP contribution >= 0.6 is 0 Å². The van der Waals surface area contributed by atoms with Crippen molar-refractivity contribution in [3.63, 3.8) is 0 Å². The van der Waals surface area contributed by atoms with E-state index in [-0.39, 0.29) is 5.41 Å². The van der Waals surface area contributed by atoms with Gasteiger partial charge in [-0.15, -0.1) is 0 Å². The monoisotopic (exact) mass is 359 g/mol. The Labute approximate surface area is 157 Å². The molecular weight excluding hydrogens is 326 g/mol. The Morgan fingerprint density at radius 1 is 1.31 bits per heavy atom. The van der Waals surface area contributed by atoms with Gasteiger partial charge in [0.1, 0.15) is 12.4 Å². The van der Waals surface area contributed by atoms with E-state index < -0.39 is 0 Å². The quantitative estimate of drug-likeness (QED) is 0.554. The summed E-state index contributed by atoms with van der Waals surface area (Å²) in [5.41, 5.74) is 3.86. The van der Waals surface area contributed by atoms with E-state index in [1.165, 1.54) is 16.8 Å². The van der Waals surface area contributed by atoms with Crippen LogP contribution < -0.4 is 4.74 Å². The van der Waals surface area contributed by atoms with Gasteiger partial charge in [-0.05, 0) is 69.7 Å². The number of piperidine rings is 1. The summed E-state index contributed by atoms with van der Waals surface area (Å²) < 4.78 is 5.48. The minimum Gasteiger partial charge on any atom is -0.497 e. The molecule has 26 heavy (non-hydrogen) atoms. The van der Waals surface area contributed by atoms with Crippen LogP contribution in [-0.2, 0) is 16.7 Å². The number of rotatable bonds is 7. The first-order chi connectivity index (χ1) is 12.5. The zero-order valence-electron chi connectivity index (χ0n) is 16.9. The third-order valence-corrected chi connectivity index (χ3v) is 6.26. The molecule has 0 radical (unpaired) electrons. The van der Waals surface area contributed by atoms with Crippen LogP contribution in [0.3, 0.4) is 0 Å². The van der Waals surface area contributed by atoms with Gasteiger partial charge in [-0.3, -0.25) is 4.90 Å². The van der Waals surface area contributed by atoms with Gasteiger partial charge >= 0.3 is 0 Å².